The monoisotopic (exact) mass is 437 g/mol. The average molecular weight is 437 g/mol. The Morgan fingerprint density at radius 2 is 1.88 bits per heavy atom. The van der Waals surface area contributed by atoms with E-state index in [2.05, 4.69) is 5.32 Å². The Kier molecular flexibility index (Phi) is 5.86. The number of pyridine rings is 1. The third-order valence-corrected chi connectivity index (χ3v) is 6.43. The second-order valence-electron chi connectivity index (χ2n) is 8.37. The number of ether oxygens (including phenoxy) is 1. The van der Waals surface area contributed by atoms with Crippen LogP contribution in [-0.2, 0) is 40.3 Å². The highest BCUT2D eigenvalue weighted by Gasteiger charge is 2.59. The number of amides is 2. The van der Waals surface area contributed by atoms with Crippen molar-refractivity contribution < 1.29 is 19.1 Å². The number of aryl methyl sites for hydroxylation is 2. The number of esters is 1. The van der Waals surface area contributed by atoms with Crippen LogP contribution in [0.1, 0.15) is 39.9 Å². The maximum absolute atomic E-state index is 13.1. The van der Waals surface area contributed by atoms with E-state index in [1.165, 1.54) is 14.2 Å². The second kappa shape index (κ2) is 8.61. The number of rotatable bonds is 6. The van der Waals surface area contributed by atoms with E-state index in [0.29, 0.717) is 44.3 Å². The standard InChI is InChI=1S/C24H27N3O5/c1-25-20(28)19-18-9-13-27(22(30)24(10-11-24)23(31)32-2)15-17(18)14-26(21(19)29)12-8-16-6-4-3-5-7-16/h3-7,14H,8-13,15H2,1-2H3,(H,25,28). The molecule has 1 saturated carbocycles. The van der Waals surface area contributed by atoms with Crippen LogP contribution in [0.25, 0.3) is 0 Å². The van der Waals surface area contributed by atoms with Gasteiger partial charge in [-0.15, -0.1) is 0 Å². The Labute approximate surface area is 186 Å². The Morgan fingerprint density at radius 3 is 2.50 bits per heavy atom. The molecule has 8 heteroatoms. The molecular formula is C24H27N3O5. The van der Waals surface area contributed by atoms with E-state index in [1.54, 1.807) is 15.7 Å². The normalized spacial score (nSPS) is 16.1. The predicted molar refractivity (Wildman–Crippen MR) is 117 cm³/mol. The molecule has 2 aliphatic rings. The molecule has 0 saturated heterocycles. The van der Waals surface area contributed by atoms with Gasteiger partial charge < -0.3 is 19.5 Å². The highest BCUT2D eigenvalue weighted by atomic mass is 16.5. The van der Waals surface area contributed by atoms with Crippen LogP contribution in [0, 0.1) is 5.41 Å². The Bertz CT molecular complexity index is 1120. The largest absolute Gasteiger partial charge is 0.468 e. The molecule has 4 rings (SSSR count). The summed E-state index contributed by atoms with van der Waals surface area (Å²) in [6.45, 7) is 1.02. The Balaban J connectivity index is 1.65. The minimum absolute atomic E-state index is 0.138. The van der Waals surface area contributed by atoms with Crippen LogP contribution in [0.5, 0.6) is 0 Å². The van der Waals surface area contributed by atoms with Gasteiger partial charge in [0.05, 0.1) is 7.11 Å². The van der Waals surface area contributed by atoms with Crippen molar-refractivity contribution in [2.75, 3.05) is 20.7 Å². The van der Waals surface area contributed by atoms with E-state index in [0.717, 1.165) is 11.1 Å². The maximum atomic E-state index is 13.1. The number of benzene rings is 1. The van der Waals surface area contributed by atoms with Crippen LogP contribution in [0.2, 0.25) is 0 Å². The quantitative estimate of drug-likeness (QED) is 0.543. The summed E-state index contributed by atoms with van der Waals surface area (Å²) in [6.07, 6.45) is 3.75. The number of fused-ring (bicyclic) bond motifs is 1. The topological polar surface area (TPSA) is 97.7 Å². The number of carbonyl (C=O) groups excluding carboxylic acids is 3. The van der Waals surface area contributed by atoms with Crippen LogP contribution in [0.4, 0.5) is 0 Å². The molecule has 1 aliphatic heterocycles. The molecule has 1 fully saturated rings. The van der Waals surface area contributed by atoms with Crippen molar-refractivity contribution >= 4 is 17.8 Å². The second-order valence-corrected chi connectivity index (χ2v) is 8.37. The van der Waals surface area contributed by atoms with Gasteiger partial charge in [0.25, 0.3) is 11.5 Å². The van der Waals surface area contributed by atoms with E-state index < -0.39 is 17.3 Å². The lowest BCUT2D eigenvalue weighted by molar-refractivity contribution is -0.156. The molecule has 1 aliphatic carbocycles. The molecule has 2 aromatic rings. The summed E-state index contributed by atoms with van der Waals surface area (Å²) in [7, 11) is 2.80. The van der Waals surface area contributed by atoms with E-state index in [4.69, 9.17) is 4.74 Å². The van der Waals surface area contributed by atoms with Gasteiger partial charge in [-0.3, -0.25) is 19.2 Å². The van der Waals surface area contributed by atoms with Crippen molar-refractivity contribution in [1.29, 1.82) is 0 Å². The van der Waals surface area contributed by atoms with Crippen LogP contribution in [0.15, 0.2) is 41.3 Å². The lowest BCUT2D eigenvalue weighted by Gasteiger charge is -2.32. The molecule has 0 radical (unpaired) electrons. The van der Waals surface area contributed by atoms with Gasteiger partial charge in [0, 0.05) is 32.9 Å². The van der Waals surface area contributed by atoms with Gasteiger partial charge in [0.2, 0.25) is 5.91 Å². The van der Waals surface area contributed by atoms with Crippen molar-refractivity contribution in [3.05, 3.63) is 69.1 Å². The van der Waals surface area contributed by atoms with Crippen LogP contribution in [0.3, 0.4) is 0 Å². The van der Waals surface area contributed by atoms with Gasteiger partial charge in [0.1, 0.15) is 11.0 Å². The number of nitrogens with zero attached hydrogens (tertiary/aromatic N) is 2. The summed E-state index contributed by atoms with van der Waals surface area (Å²) >= 11 is 0. The summed E-state index contributed by atoms with van der Waals surface area (Å²) < 4.78 is 6.40. The van der Waals surface area contributed by atoms with Crippen molar-refractivity contribution in [3.63, 3.8) is 0 Å². The van der Waals surface area contributed by atoms with Gasteiger partial charge in [-0.2, -0.15) is 0 Å². The minimum Gasteiger partial charge on any atom is -0.468 e. The Hall–Kier alpha value is -3.42. The molecule has 1 aromatic heterocycles. The molecule has 1 N–H and O–H groups in total. The summed E-state index contributed by atoms with van der Waals surface area (Å²) in [5.41, 5.74) is 1.27. The highest BCUT2D eigenvalue weighted by Crippen LogP contribution is 2.48. The zero-order chi connectivity index (χ0) is 22.9. The lowest BCUT2D eigenvalue weighted by Crippen LogP contribution is -2.45. The molecule has 2 amide bonds. The first kappa shape index (κ1) is 21.8. The summed E-state index contributed by atoms with van der Waals surface area (Å²) in [6, 6.07) is 9.81. The summed E-state index contributed by atoms with van der Waals surface area (Å²) in [4.78, 5) is 52.6. The van der Waals surface area contributed by atoms with Crippen LogP contribution < -0.4 is 10.9 Å². The first-order chi connectivity index (χ1) is 15.4. The predicted octanol–water partition coefficient (Wildman–Crippen LogP) is 1.29. The molecule has 0 atom stereocenters. The van der Waals surface area contributed by atoms with Gasteiger partial charge in [-0.1, -0.05) is 30.3 Å². The molecule has 168 valence electrons. The average Bonchev–Trinajstić information content (AvgIpc) is 3.64. The third kappa shape index (κ3) is 3.81. The van der Waals surface area contributed by atoms with Crippen LogP contribution in [-0.4, -0.2) is 48.0 Å². The zero-order valence-electron chi connectivity index (χ0n) is 18.3. The van der Waals surface area contributed by atoms with E-state index in [-0.39, 0.29) is 23.6 Å². The smallest absolute Gasteiger partial charge is 0.321 e. The zero-order valence-corrected chi connectivity index (χ0v) is 18.3. The number of hydrogen-bond donors (Lipinski definition) is 1. The fourth-order valence-electron chi connectivity index (χ4n) is 4.43. The lowest BCUT2D eigenvalue weighted by atomic mass is 9.94. The molecule has 0 unspecified atom stereocenters. The van der Waals surface area contributed by atoms with Gasteiger partial charge in [-0.05, 0) is 42.4 Å². The third-order valence-electron chi connectivity index (χ3n) is 6.43. The van der Waals surface area contributed by atoms with E-state index in [9.17, 15) is 19.2 Å². The van der Waals surface area contributed by atoms with E-state index >= 15 is 0 Å². The summed E-state index contributed by atoms with van der Waals surface area (Å²) in [5, 5.41) is 2.57. The summed E-state index contributed by atoms with van der Waals surface area (Å²) in [5.74, 6) is -1.15. The molecule has 0 spiro atoms. The van der Waals surface area contributed by atoms with Crippen LogP contribution >= 0.6 is 0 Å². The molecule has 2 heterocycles. The van der Waals surface area contributed by atoms with Crippen molar-refractivity contribution in [1.82, 2.24) is 14.8 Å². The molecule has 8 nitrogen and oxygen atoms in total. The molecular weight excluding hydrogens is 410 g/mol. The fourth-order valence-corrected chi connectivity index (χ4v) is 4.43. The number of carbonyl (C=O) groups is 3. The molecule has 32 heavy (non-hydrogen) atoms. The number of nitrogens with one attached hydrogen (secondary N) is 1. The number of hydrogen-bond acceptors (Lipinski definition) is 5. The fraction of sp³-hybridized carbons (Fsp3) is 0.417. The number of methoxy groups -OCH3 is 1. The van der Waals surface area contributed by atoms with Crippen molar-refractivity contribution in [3.8, 4) is 0 Å². The van der Waals surface area contributed by atoms with Crippen molar-refractivity contribution in [2.24, 2.45) is 5.41 Å². The molecule has 0 bridgehead atoms. The maximum Gasteiger partial charge on any atom is 0.321 e. The van der Waals surface area contributed by atoms with Crippen molar-refractivity contribution in [2.45, 2.75) is 38.8 Å². The minimum atomic E-state index is -1.07. The Morgan fingerprint density at radius 1 is 1.16 bits per heavy atom. The number of aromatic nitrogens is 1. The van der Waals surface area contributed by atoms with E-state index in [1.807, 2.05) is 30.3 Å². The first-order valence-electron chi connectivity index (χ1n) is 10.8. The molecule has 1 aromatic carbocycles. The van der Waals surface area contributed by atoms with Gasteiger partial charge >= 0.3 is 5.97 Å². The van der Waals surface area contributed by atoms with Gasteiger partial charge in [-0.25, -0.2) is 0 Å². The first-order valence-corrected chi connectivity index (χ1v) is 10.8. The SMILES string of the molecule is CNC(=O)c1c2c(cn(CCc3ccccc3)c1=O)CN(C(=O)C1(C(=O)OC)CC1)CC2. The highest BCUT2D eigenvalue weighted by molar-refractivity contribution is 6.05. The van der Waals surface area contributed by atoms with Gasteiger partial charge in [0.15, 0.2) is 0 Å².